The average molecular weight is 1430 g/mol. The van der Waals surface area contributed by atoms with E-state index in [1.54, 1.807) is 0 Å². The maximum Gasteiger partial charge on any atom is 0.0713 e. The highest BCUT2D eigenvalue weighted by molar-refractivity contribution is 5.99. The number of aryl methyl sites for hydroxylation is 4. The molecule has 18 aromatic rings. The molecular weight excluding hydrogens is 1350 g/mol. The highest BCUT2D eigenvalue weighted by atomic mass is 15.2. The molecule has 20 rings (SSSR count). The standard InChI is InChI=1S/C110H80N2/c1-73-27-25-43-95(87-49-47-77-29-17-19-31-81(77)69-87)107(73)111(93-59-51-79(52-60-93)85-55-63-99-97-41-21-23-45-101(97)109(103(99)71-85,89-33-9-5-10-34-89)90-35-11-6-12-36-90)105-65-57-83(67-75(105)3)84-58-66-106(76(4)68-84)112(108-74(2)28-26-44-96(108)88-50-48-78-30-18-20-32-82(78)70-88)94-61-53-80(54-62-94)86-56-64-100-98-42-22-24-46-102(98)110(104(100)72-86,91-37-13-7-14-38-91)92-39-15-8-16-40-92/h5-72H,1-4H3. The van der Waals surface area contributed by atoms with Crippen LogP contribution in [0.3, 0.4) is 0 Å². The molecule has 0 atom stereocenters. The monoisotopic (exact) mass is 1430 g/mol. The summed E-state index contributed by atoms with van der Waals surface area (Å²) in [6.07, 6.45) is 0. The molecule has 0 heterocycles. The Labute approximate surface area is 656 Å². The summed E-state index contributed by atoms with van der Waals surface area (Å²) in [5, 5.41) is 4.87. The van der Waals surface area contributed by atoms with Gasteiger partial charge in [0.1, 0.15) is 0 Å². The van der Waals surface area contributed by atoms with E-state index < -0.39 is 10.8 Å². The third kappa shape index (κ3) is 11.1. The van der Waals surface area contributed by atoms with Crippen LogP contribution in [0.1, 0.15) is 66.8 Å². The van der Waals surface area contributed by atoms with Gasteiger partial charge in [-0.25, -0.2) is 0 Å². The van der Waals surface area contributed by atoms with Crippen LogP contribution in [0.2, 0.25) is 0 Å². The summed E-state index contributed by atoms with van der Waals surface area (Å²) in [4.78, 5) is 5.02. The van der Waals surface area contributed by atoms with Crippen LogP contribution in [0.25, 0.3) is 99.4 Å². The first-order valence-electron chi connectivity index (χ1n) is 39.1. The van der Waals surface area contributed by atoms with Gasteiger partial charge in [-0.1, -0.05) is 340 Å². The first kappa shape index (κ1) is 67.4. The number of fused-ring (bicyclic) bond motifs is 8. The van der Waals surface area contributed by atoms with Crippen molar-refractivity contribution in [2.75, 3.05) is 9.80 Å². The van der Waals surface area contributed by atoms with Crippen LogP contribution in [0.4, 0.5) is 34.1 Å². The predicted octanol–water partition coefficient (Wildman–Crippen LogP) is 29.2. The molecule has 2 aliphatic rings. The molecule has 0 radical (unpaired) electrons. The van der Waals surface area contributed by atoms with Gasteiger partial charge in [0.15, 0.2) is 0 Å². The zero-order valence-electron chi connectivity index (χ0n) is 63.2. The third-order valence-corrected chi connectivity index (χ3v) is 24.1. The van der Waals surface area contributed by atoms with Gasteiger partial charge in [0.25, 0.3) is 0 Å². The smallest absolute Gasteiger partial charge is 0.0713 e. The molecule has 0 N–H and O–H groups in total. The van der Waals surface area contributed by atoms with Crippen molar-refractivity contribution < 1.29 is 0 Å². The maximum absolute atomic E-state index is 2.51. The summed E-state index contributed by atoms with van der Waals surface area (Å²) in [6.45, 7) is 9.09. The second-order valence-electron chi connectivity index (χ2n) is 30.4. The van der Waals surface area contributed by atoms with Crippen molar-refractivity contribution >= 4 is 55.7 Å². The molecule has 2 aliphatic carbocycles. The first-order valence-corrected chi connectivity index (χ1v) is 39.1. The highest BCUT2D eigenvalue weighted by Crippen LogP contribution is 2.59. The van der Waals surface area contributed by atoms with E-state index in [0.717, 1.165) is 67.5 Å². The van der Waals surface area contributed by atoms with E-state index in [4.69, 9.17) is 0 Å². The lowest BCUT2D eigenvalue weighted by molar-refractivity contribution is 0.769. The second-order valence-corrected chi connectivity index (χ2v) is 30.4. The summed E-state index contributed by atoms with van der Waals surface area (Å²) in [6, 6.07) is 154. The molecule has 0 saturated heterocycles. The fraction of sp³-hybridized carbons (Fsp3) is 0.0545. The topological polar surface area (TPSA) is 6.48 Å². The largest absolute Gasteiger partial charge is 0.309 e. The summed E-state index contributed by atoms with van der Waals surface area (Å²) < 4.78 is 0. The van der Waals surface area contributed by atoms with Crippen LogP contribution >= 0.6 is 0 Å². The molecule has 2 nitrogen and oxygen atoms in total. The van der Waals surface area contributed by atoms with Crippen molar-refractivity contribution in [3.63, 3.8) is 0 Å². The molecule has 2 heteroatoms. The summed E-state index contributed by atoms with van der Waals surface area (Å²) in [7, 11) is 0. The van der Waals surface area contributed by atoms with Crippen LogP contribution in [-0.4, -0.2) is 0 Å². The van der Waals surface area contributed by atoms with Crippen molar-refractivity contribution in [2.24, 2.45) is 0 Å². The van der Waals surface area contributed by atoms with Crippen molar-refractivity contribution in [3.8, 4) is 77.9 Å². The third-order valence-electron chi connectivity index (χ3n) is 24.1. The number of hydrogen-bond acceptors (Lipinski definition) is 2. The maximum atomic E-state index is 2.51. The van der Waals surface area contributed by atoms with E-state index in [1.165, 1.54) is 133 Å². The minimum absolute atomic E-state index is 0.504. The van der Waals surface area contributed by atoms with E-state index >= 15 is 0 Å². The summed E-state index contributed by atoms with van der Waals surface area (Å²) >= 11 is 0. The number of hydrogen-bond donors (Lipinski definition) is 0. The Balaban J connectivity index is 0.693. The Bertz CT molecular complexity index is 6170. The van der Waals surface area contributed by atoms with Crippen LogP contribution in [-0.2, 0) is 10.8 Å². The zero-order valence-corrected chi connectivity index (χ0v) is 63.2. The first-order chi connectivity index (χ1) is 55.2. The highest BCUT2D eigenvalue weighted by Gasteiger charge is 2.48. The fourth-order valence-electron chi connectivity index (χ4n) is 18.9. The van der Waals surface area contributed by atoms with Gasteiger partial charge in [-0.05, 0) is 256 Å². The SMILES string of the molecule is Cc1cc(-c2ccc(N(c3ccc(-c4ccc5c(c4)C(c4ccccc4)(c4ccccc4)c4ccccc4-5)cc3)c3c(C)cccc3-c3ccc4ccccc4c3)c(C)c2)ccc1N(c1ccc(-c2ccc3c(c2)C(c2ccccc2)(c2ccccc2)c2ccccc2-3)cc1)c1c(C)cccc1-c1ccc2ccccc2c1. The van der Waals surface area contributed by atoms with Crippen LogP contribution in [0, 0.1) is 27.7 Å². The van der Waals surface area contributed by atoms with Crippen LogP contribution < -0.4 is 9.80 Å². The van der Waals surface area contributed by atoms with Gasteiger partial charge < -0.3 is 9.80 Å². The molecule has 0 amide bonds. The molecular formula is C110H80N2. The van der Waals surface area contributed by atoms with Gasteiger partial charge in [0.05, 0.1) is 22.2 Å². The minimum Gasteiger partial charge on any atom is -0.309 e. The van der Waals surface area contributed by atoms with Gasteiger partial charge in [-0.15, -0.1) is 0 Å². The van der Waals surface area contributed by atoms with E-state index in [9.17, 15) is 0 Å². The second kappa shape index (κ2) is 27.6. The van der Waals surface area contributed by atoms with Crippen LogP contribution in [0.5, 0.6) is 0 Å². The Hall–Kier alpha value is -13.9. The molecule has 0 saturated carbocycles. The molecule has 0 unspecified atom stereocenters. The number of benzene rings is 18. The average Bonchev–Trinajstić information content (AvgIpc) is 1.54. The number of anilines is 6. The lowest BCUT2D eigenvalue weighted by Crippen LogP contribution is -2.28. The predicted molar refractivity (Wildman–Crippen MR) is 472 cm³/mol. The van der Waals surface area contributed by atoms with E-state index in [0.29, 0.717) is 0 Å². The molecule has 18 aromatic carbocycles. The van der Waals surface area contributed by atoms with Crippen molar-refractivity contribution in [1.29, 1.82) is 0 Å². The van der Waals surface area contributed by atoms with E-state index in [1.807, 2.05) is 0 Å². The van der Waals surface area contributed by atoms with Gasteiger partial charge >= 0.3 is 0 Å². The Morgan fingerprint density at radius 3 is 0.848 bits per heavy atom. The molecule has 112 heavy (non-hydrogen) atoms. The molecule has 0 fully saturated rings. The fourth-order valence-corrected chi connectivity index (χ4v) is 18.9. The molecule has 0 bridgehead atoms. The summed E-state index contributed by atoms with van der Waals surface area (Å²) in [5.41, 5.74) is 37.3. The number of para-hydroxylation sites is 2. The lowest BCUT2D eigenvalue weighted by atomic mass is 9.67. The summed E-state index contributed by atoms with van der Waals surface area (Å²) in [5.74, 6) is 0. The van der Waals surface area contributed by atoms with Gasteiger partial charge in [-0.2, -0.15) is 0 Å². The number of nitrogens with zero attached hydrogens (tertiary/aromatic N) is 2. The Morgan fingerprint density at radius 2 is 0.473 bits per heavy atom. The Kier molecular flexibility index (Phi) is 16.6. The van der Waals surface area contributed by atoms with E-state index in [-0.39, 0.29) is 0 Å². The van der Waals surface area contributed by atoms with E-state index in [2.05, 4.69) is 450 Å². The Morgan fingerprint density at radius 1 is 0.179 bits per heavy atom. The van der Waals surface area contributed by atoms with Crippen molar-refractivity contribution in [1.82, 2.24) is 0 Å². The van der Waals surface area contributed by atoms with Crippen LogP contribution in [0.15, 0.2) is 413 Å². The molecule has 0 spiro atoms. The van der Waals surface area contributed by atoms with Gasteiger partial charge in [0, 0.05) is 33.9 Å². The minimum atomic E-state index is -0.504. The number of rotatable bonds is 15. The lowest BCUT2D eigenvalue weighted by Gasteiger charge is -2.34. The van der Waals surface area contributed by atoms with Gasteiger partial charge in [-0.3, -0.25) is 0 Å². The molecule has 0 aromatic heterocycles. The van der Waals surface area contributed by atoms with Crippen molar-refractivity contribution in [2.45, 2.75) is 38.5 Å². The normalized spacial score (nSPS) is 12.8. The van der Waals surface area contributed by atoms with Gasteiger partial charge in [0.2, 0.25) is 0 Å². The quantitative estimate of drug-likeness (QED) is 0.101. The molecule has 0 aliphatic heterocycles. The molecule has 530 valence electrons. The van der Waals surface area contributed by atoms with Crippen molar-refractivity contribution in [3.05, 3.63) is 479 Å². The zero-order chi connectivity index (χ0) is 75.0.